The van der Waals surface area contributed by atoms with Crippen molar-refractivity contribution in [2.45, 2.75) is 74.8 Å². The molecule has 11 rings (SSSR count). The molecule has 8 heterocycles. The number of aromatic nitrogens is 1. The second-order valence-electron chi connectivity index (χ2n) is 15.2. The second kappa shape index (κ2) is 12.4. The van der Waals surface area contributed by atoms with E-state index in [-0.39, 0.29) is 24.9 Å². The number of aliphatic hydroxyl groups excluding tert-OH is 1. The van der Waals surface area contributed by atoms with Crippen LogP contribution in [0.4, 0.5) is 0 Å². The number of fused-ring (bicyclic) bond motifs is 11. The number of phenolic OH excluding ortho intramolecular Hbond substituents is 1. The summed E-state index contributed by atoms with van der Waals surface area (Å²) in [5, 5.41) is 32.0. The van der Waals surface area contributed by atoms with Crippen LogP contribution in [-0.4, -0.2) is 90.3 Å². The van der Waals surface area contributed by atoms with E-state index in [0.29, 0.717) is 64.6 Å². The molecule has 1 spiro atoms. The third kappa shape index (κ3) is 4.76. The van der Waals surface area contributed by atoms with Crippen LogP contribution in [0.3, 0.4) is 0 Å². The minimum atomic E-state index is -1.28. The Bertz CT molecular complexity index is 2330. The summed E-state index contributed by atoms with van der Waals surface area (Å²) in [6.07, 6.45) is 0.0904. The summed E-state index contributed by atoms with van der Waals surface area (Å²) in [5.74, 6) is 1.67. The number of aliphatic hydroxyl groups is 1. The summed E-state index contributed by atoms with van der Waals surface area (Å²) in [6.45, 7) is 5.43. The predicted octanol–water partition coefficient (Wildman–Crippen LogP) is 3.85. The van der Waals surface area contributed by atoms with E-state index in [1.165, 1.54) is 25.8 Å². The first-order valence-corrected chi connectivity index (χ1v) is 19.6. The summed E-state index contributed by atoms with van der Waals surface area (Å²) in [4.78, 5) is 33.3. The molecule has 1 aromatic heterocycles. The number of aromatic amines is 1. The highest BCUT2D eigenvalue weighted by atomic mass is 32.2. The number of hydrogen-bond donors (Lipinski definition) is 5. The Hall–Kier alpha value is -4.67. The van der Waals surface area contributed by atoms with Crippen LogP contribution >= 0.6 is 11.8 Å². The van der Waals surface area contributed by atoms with Gasteiger partial charge in [-0.2, -0.15) is 0 Å². The third-order valence-corrected chi connectivity index (χ3v) is 13.9. The van der Waals surface area contributed by atoms with Crippen molar-refractivity contribution >= 4 is 34.6 Å². The van der Waals surface area contributed by atoms with E-state index in [1.54, 1.807) is 7.11 Å². The van der Waals surface area contributed by atoms with Crippen molar-refractivity contribution in [2.75, 3.05) is 39.9 Å². The molecule has 2 fully saturated rings. The molecule has 55 heavy (non-hydrogen) atoms. The molecule has 7 atom stereocenters. The van der Waals surface area contributed by atoms with Gasteiger partial charge >= 0.3 is 11.9 Å². The molecule has 2 saturated heterocycles. The zero-order valence-corrected chi connectivity index (χ0v) is 31.8. The van der Waals surface area contributed by atoms with Crippen molar-refractivity contribution in [3.63, 3.8) is 0 Å². The molecule has 15 heteroatoms. The van der Waals surface area contributed by atoms with Crippen LogP contribution in [0.5, 0.6) is 34.5 Å². The number of aromatic hydroxyl groups is 1. The standard InChI is InChI=1S/C40H42N4O10S/c1-16-10-19-11-24-38(47)44-25-13-51-39(48)40(37-21(8-9-41-40)22-12-20(49-4)6-7-23(22)43-37)14-55-36(30(44)29(42-24)26(19)31(46)32(16)50-5)28-27(25)35-34(52-15-53-35)17(2)33(28)54-18(3)45/h6-7,10,12,24-25,29-30,36,38,41-43,46-47H,8-9,11,13-15H2,1-5H3. The number of phenols is 1. The Balaban J connectivity index is 1.22. The van der Waals surface area contributed by atoms with Crippen molar-refractivity contribution in [1.82, 2.24) is 20.5 Å². The number of carbonyl (C=O) groups excluding carboxylic acids is 2. The van der Waals surface area contributed by atoms with Gasteiger partial charge in [-0.05, 0) is 61.6 Å². The Kier molecular flexibility index (Phi) is 7.86. The topological polar surface area (TPSA) is 173 Å². The molecule has 7 aliphatic rings. The highest BCUT2D eigenvalue weighted by molar-refractivity contribution is 7.99. The number of ether oxygens (including phenoxy) is 6. The van der Waals surface area contributed by atoms with Gasteiger partial charge in [-0.15, -0.1) is 11.8 Å². The molecule has 4 bridgehead atoms. The second-order valence-corrected chi connectivity index (χ2v) is 16.3. The Morgan fingerprint density at radius 3 is 2.65 bits per heavy atom. The number of benzene rings is 3. The van der Waals surface area contributed by atoms with Crippen LogP contribution in [0.15, 0.2) is 24.3 Å². The summed E-state index contributed by atoms with van der Waals surface area (Å²) < 4.78 is 36.1. The molecule has 5 N–H and O–H groups in total. The van der Waals surface area contributed by atoms with Crippen LogP contribution in [0.25, 0.3) is 10.9 Å². The summed E-state index contributed by atoms with van der Waals surface area (Å²) in [5.41, 5.74) is 5.70. The van der Waals surface area contributed by atoms with Crippen LogP contribution in [0, 0.1) is 13.8 Å². The molecular weight excluding hydrogens is 729 g/mol. The van der Waals surface area contributed by atoms with Gasteiger partial charge in [0.05, 0.1) is 43.3 Å². The fourth-order valence-corrected chi connectivity index (χ4v) is 11.9. The highest BCUT2D eigenvalue weighted by Crippen LogP contribution is 2.63. The van der Waals surface area contributed by atoms with Crippen molar-refractivity contribution < 1.29 is 48.2 Å². The van der Waals surface area contributed by atoms with Gasteiger partial charge in [0.2, 0.25) is 6.79 Å². The van der Waals surface area contributed by atoms with Crippen molar-refractivity contribution in [3.8, 4) is 34.5 Å². The number of rotatable bonds is 3. The predicted molar refractivity (Wildman–Crippen MR) is 200 cm³/mol. The van der Waals surface area contributed by atoms with Crippen molar-refractivity contribution in [2.24, 2.45) is 0 Å². The number of nitrogens with zero attached hydrogens (tertiary/aromatic N) is 1. The SMILES string of the molecule is COc1ccc2[nH]c3c(c2c1)CCNC31CSC2c3c(OC(C)=O)c(C)c4c(c3C(COC1=O)N1C(O)C3Cc5cc(C)c(OC)c(O)c5C(N3)C21)OCO4. The summed E-state index contributed by atoms with van der Waals surface area (Å²) in [7, 11) is 3.17. The number of carbonyl (C=O) groups is 2. The molecule has 0 saturated carbocycles. The van der Waals surface area contributed by atoms with Gasteiger partial charge in [-0.3, -0.25) is 15.0 Å². The first-order chi connectivity index (χ1) is 26.6. The number of piperazine rings is 1. The number of nitrogens with one attached hydrogen (secondary N) is 3. The number of H-pyrrole nitrogens is 1. The fourth-order valence-electron chi connectivity index (χ4n) is 10.2. The van der Waals surface area contributed by atoms with Crippen LogP contribution < -0.4 is 34.3 Å². The molecule has 14 nitrogen and oxygen atoms in total. The molecule has 0 amide bonds. The normalized spacial score (nSPS) is 28.9. The molecule has 0 aliphatic carbocycles. The van der Waals surface area contributed by atoms with E-state index >= 15 is 0 Å². The number of hydrogen-bond acceptors (Lipinski definition) is 14. The lowest BCUT2D eigenvalue weighted by Crippen LogP contribution is -2.69. The number of esters is 2. The average Bonchev–Trinajstić information content (AvgIpc) is 3.82. The molecule has 4 aromatic rings. The van der Waals surface area contributed by atoms with Crippen LogP contribution in [-0.2, 0) is 32.7 Å². The zero-order valence-electron chi connectivity index (χ0n) is 31.0. The monoisotopic (exact) mass is 770 g/mol. The number of aryl methyl sites for hydroxylation is 1. The Labute approximate surface area is 320 Å². The highest BCUT2D eigenvalue weighted by Gasteiger charge is 2.60. The molecular formula is C40H42N4O10S. The average molecular weight is 771 g/mol. The molecule has 7 unspecified atom stereocenters. The van der Waals surface area contributed by atoms with Gasteiger partial charge in [0.1, 0.15) is 24.3 Å². The largest absolute Gasteiger partial charge is 0.504 e. The van der Waals surface area contributed by atoms with E-state index in [2.05, 4.69) is 15.6 Å². The van der Waals surface area contributed by atoms with Crippen LogP contribution in [0.1, 0.15) is 68.9 Å². The molecule has 3 aromatic carbocycles. The smallest absolute Gasteiger partial charge is 0.333 e. The first-order valence-electron chi connectivity index (χ1n) is 18.5. The minimum Gasteiger partial charge on any atom is -0.504 e. The Morgan fingerprint density at radius 1 is 1.05 bits per heavy atom. The molecule has 0 radical (unpaired) electrons. The lowest BCUT2D eigenvalue weighted by Gasteiger charge is -2.59. The lowest BCUT2D eigenvalue weighted by molar-refractivity contribution is -0.164. The van der Waals surface area contributed by atoms with Gasteiger partial charge in [-0.25, -0.2) is 4.79 Å². The maximum absolute atomic E-state index is 14.8. The molecule has 7 aliphatic heterocycles. The van der Waals surface area contributed by atoms with Gasteiger partial charge in [0, 0.05) is 58.4 Å². The minimum absolute atomic E-state index is 0.0417. The maximum atomic E-state index is 14.8. The fraction of sp³-hybridized carbons (Fsp3) is 0.450. The van der Waals surface area contributed by atoms with Crippen LogP contribution in [0.2, 0.25) is 0 Å². The van der Waals surface area contributed by atoms with Gasteiger partial charge < -0.3 is 48.9 Å². The first kappa shape index (κ1) is 34.8. The Morgan fingerprint density at radius 2 is 1.87 bits per heavy atom. The van der Waals surface area contributed by atoms with E-state index in [1.807, 2.05) is 43.0 Å². The molecule has 288 valence electrons. The van der Waals surface area contributed by atoms with E-state index in [4.69, 9.17) is 28.4 Å². The maximum Gasteiger partial charge on any atom is 0.333 e. The van der Waals surface area contributed by atoms with Gasteiger partial charge in [0.25, 0.3) is 0 Å². The summed E-state index contributed by atoms with van der Waals surface area (Å²) in [6, 6.07) is 5.62. The quantitative estimate of drug-likeness (QED) is 0.150. The number of methoxy groups -OCH3 is 2. The van der Waals surface area contributed by atoms with Crippen molar-refractivity contribution in [1.29, 1.82) is 0 Å². The van der Waals surface area contributed by atoms with Gasteiger partial charge in [-0.1, -0.05) is 6.07 Å². The lowest BCUT2D eigenvalue weighted by atomic mass is 9.74. The zero-order chi connectivity index (χ0) is 38.1. The van der Waals surface area contributed by atoms with E-state index in [0.717, 1.165) is 39.0 Å². The third-order valence-electron chi connectivity index (χ3n) is 12.4. The number of thioether (sulfide) groups is 1. The van der Waals surface area contributed by atoms with Crippen molar-refractivity contribution in [3.05, 3.63) is 68.9 Å². The van der Waals surface area contributed by atoms with Gasteiger partial charge in [0.15, 0.2) is 28.5 Å². The van der Waals surface area contributed by atoms with E-state index < -0.39 is 53.1 Å². The van der Waals surface area contributed by atoms with E-state index in [9.17, 15) is 19.8 Å². The summed E-state index contributed by atoms with van der Waals surface area (Å²) >= 11 is 1.51.